The Kier molecular flexibility index (Phi) is 6.82. The zero-order valence-electron chi connectivity index (χ0n) is 14.6. The highest BCUT2D eigenvalue weighted by Gasteiger charge is 2.39. The summed E-state index contributed by atoms with van der Waals surface area (Å²) < 4.78 is 5.11. The molecule has 1 aliphatic carbocycles. The van der Waals surface area contributed by atoms with Gasteiger partial charge in [-0.1, -0.05) is 19.3 Å². The number of piperazine rings is 1. The topological polar surface area (TPSA) is 59.8 Å². The molecule has 2 fully saturated rings. The summed E-state index contributed by atoms with van der Waals surface area (Å²) in [7, 11) is 3.53. The number of nitrogens with zero attached hydrogens (tertiary/aromatic N) is 4. The van der Waals surface area contributed by atoms with Crippen molar-refractivity contribution in [3.63, 3.8) is 0 Å². The normalized spacial score (nSPS) is 22.5. The maximum absolute atomic E-state index is 12.6. The van der Waals surface area contributed by atoms with Crippen molar-refractivity contribution in [2.45, 2.75) is 37.6 Å². The quantitative estimate of drug-likeness (QED) is 0.728. The van der Waals surface area contributed by atoms with Crippen molar-refractivity contribution in [3.8, 4) is 6.07 Å². The largest absolute Gasteiger partial charge is 0.383 e. The van der Waals surface area contributed by atoms with E-state index in [2.05, 4.69) is 15.9 Å². The molecule has 6 heteroatoms. The molecule has 1 aliphatic heterocycles. The first-order valence-electron chi connectivity index (χ1n) is 8.73. The fraction of sp³-hybridized carbons (Fsp3) is 0.882. The van der Waals surface area contributed by atoms with Crippen molar-refractivity contribution >= 4 is 5.91 Å². The van der Waals surface area contributed by atoms with Crippen LogP contribution < -0.4 is 0 Å². The smallest absolute Gasteiger partial charge is 0.237 e. The molecule has 0 bridgehead atoms. The number of amides is 1. The first-order valence-corrected chi connectivity index (χ1v) is 8.73. The molecule has 0 aromatic heterocycles. The van der Waals surface area contributed by atoms with E-state index in [4.69, 9.17) is 4.74 Å². The molecule has 1 saturated heterocycles. The molecule has 0 unspecified atom stereocenters. The van der Waals surface area contributed by atoms with Gasteiger partial charge in [-0.2, -0.15) is 5.26 Å². The van der Waals surface area contributed by atoms with Crippen LogP contribution in [-0.2, 0) is 9.53 Å². The second-order valence-corrected chi connectivity index (χ2v) is 6.77. The van der Waals surface area contributed by atoms with Gasteiger partial charge >= 0.3 is 0 Å². The van der Waals surface area contributed by atoms with Gasteiger partial charge in [-0.15, -0.1) is 0 Å². The van der Waals surface area contributed by atoms with Crippen LogP contribution in [-0.4, -0.2) is 86.2 Å². The standard InChI is InChI=1S/C17H30N4O2/c1-19(17(15-18)6-4-3-5-7-17)16(22)14-21-10-8-20(9-11-21)12-13-23-2/h3-14H2,1-2H3. The maximum Gasteiger partial charge on any atom is 0.237 e. The van der Waals surface area contributed by atoms with Gasteiger partial charge in [-0.25, -0.2) is 0 Å². The van der Waals surface area contributed by atoms with Crippen LogP contribution in [0.25, 0.3) is 0 Å². The lowest BCUT2D eigenvalue weighted by molar-refractivity contribution is -0.136. The summed E-state index contributed by atoms with van der Waals surface area (Å²) >= 11 is 0. The lowest BCUT2D eigenvalue weighted by Crippen LogP contribution is -2.55. The minimum absolute atomic E-state index is 0.0822. The maximum atomic E-state index is 12.6. The van der Waals surface area contributed by atoms with E-state index in [9.17, 15) is 10.1 Å². The Morgan fingerprint density at radius 1 is 1.17 bits per heavy atom. The third-order valence-corrected chi connectivity index (χ3v) is 5.34. The number of methoxy groups -OCH3 is 1. The summed E-state index contributed by atoms with van der Waals surface area (Å²) in [5.41, 5.74) is -0.574. The van der Waals surface area contributed by atoms with E-state index in [-0.39, 0.29) is 5.91 Å². The molecular formula is C17H30N4O2. The zero-order chi connectivity index (χ0) is 16.7. The highest BCUT2D eigenvalue weighted by molar-refractivity contribution is 5.79. The first kappa shape index (κ1) is 18.2. The molecule has 23 heavy (non-hydrogen) atoms. The van der Waals surface area contributed by atoms with E-state index in [1.165, 1.54) is 6.42 Å². The molecule has 0 aromatic rings. The molecule has 2 aliphatic rings. The second kappa shape index (κ2) is 8.62. The van der Waals surface area contributed by atoms with Crippen LogP contribution >= 0.6 is 0 Å². The van der Waals surface area contributed by atoms with Gasteiger partial charge in [0, 0.05) is 46.9 Å². The third-order valence-electron chi connectivity index (χ3n) is 5.34. The lowest BCUT2D eigenvalue weighted by atomic mass is 9.81. The highest BCUT2D eigenvalue weighted by atomic mass is 16.5. The van der Waals surface area contributed by atoms with E-state index < -0.39 is 5.54 Å². The van der Waals surface area contributed by atoms with Crippen LogP contribution in [0.1, 0.15) is 32.1 Å². The summed E-state index contributed by atoms with van der Waals surface area (Å²) in [6.07, 6.45) is 4.90. The van der Waals surface area contributed by atoms with Crippen molar-refractivity contribution in [2.75, 3.05) is 60.0 Å². The van der Waals surface area contributed by atoms with Gasteiger partial charge in [-0.3, -0.25) is 14.6 Å². The van der Waals surface area contributed by atoms with Crippen LogP contribution in [0.4, 0.5) is 0 Å². The van der Waals surface area contributed by atoms with Gasteiger partial charge < -0.3 is 9.64 Å². The molecule has 1 amide bonds. The predicted octanol–water partition coefficient (Wildman–Crippen LogP) is 0.935. The monoisotopic (exact) mass is 322 g/mol. The minimum Gasteiger partial charge on any atom is -0.383 e. The molecule has 0 radical (unpaired) electrons. The van der Waals surface area contributed by atoms with Gasteiger partial charge in [-0.05, 0) is 12.8 Å². The van der Waals surface area contributed by atoms with Gasteiger partial charge in [0.1, 0.15) is 5.54 Å². The summed E-state index contributed by atoms with van der Waals surface area (Å²) in [5.74, 6) is 0.0822. The summed E-state index contributed by atoms with van der Waals surface area (Å²) in [5, 5.41) is 9.61. The minimum atomic E-state index is -0.574. The van der Waals surface area contributed by atoms with Gasteiger partial charge in [0.25, 0.3) is 0 Å². The Balaban J connectivity index is 1.81. The van der Waals surface area contributed by atoms with Crippen molar-refractivity contribution < 1.29 is 9.53 Å². The highest BCUT2D eigenvalue weighted by Crippen LogP contribution is 2.32. The number of carbonyl (C=O) groups is 1. The first-order chi connectivity index (χ1) is 11.1. The number of likely N-dealkylation sites (N-methyl/N-ethyl adjacent to an activating group) is 1. The molecule has 1 saturated carbocycles. The molecule has 2 rings (SSSR count). The average Bonchev–Trinajstić information content (AvgIpc) is 2.61. The molecule has 0 N–H and O–H groups in total. The van der Waals surface area contributed by atoms with E-state index in [1.807, 2.05) is 7.05 Å². The molecule has 6 nitrogen and oxygen atoms in total. The number of carbonyl (C=O) groups excluding carboxylic acids is 1. The Labute approximate surface area is 140 Å². The fourth-order valence-corrected chi connectivity index (χ4v) is 3.59. The van der Waals surface area contributed by atoms with E-state index >= 15 is 0 Å². The number of rotatable bonds is 6. The van der Waals surface area contributed by atoms with Gasteiger partial charge in [0.05, 0.1) is 19.2 Å². The van der Waals surface area contributed by atoms with Crippen LogP contribution in [0.15, 0.2) is 0 Å². The molecule has 0 spiro atoms. The average molecular weight is 322 g/mol. The summed E-state index contributed by atoms with van der Waals surface area (Å²) in [6.45, 7) is 5.90. The molecule has 0 aromatic carbocycles. The number of nitriles is 1. The van der Waals surface area contributed by atoms with E-state index in [1.54, 1.807) is 12.0 Å². The molecule has 130 valence electrons. The van der Waals surface area contributed by atoms with E-state index in [0.717, 1.165) is 65.0 Å². The van der Waals surface area contributed by atoms with Gasteiger partial charge in [0.2, 0.25) is 5.91 Å². The Bertz CT molecular complexity index is 421. The van der Waals surface area contributed by atoms with Crippen LogP contribution in [0.3, 0.4) is 0 Å². The predicted molar refractivity (Wildman–Crippen MR) is 89.0 cm³/mol. The Morgan fingerprint density at radius 3 is 2.35 bits per heavy atom. The number of hydrogen-bond donors (Lipinski definition) is 0. The van der Waals surface area contributed by atoms with E-state index in [0.29, 0.717) is 6.54 Å². The summed E-state index contributed by atoms with van der Waals surface area (Å²) in [4.78, 5) is 18.9. The molecule has 0 atom stereocenters. The third kappa shape index (κ3) is 4.66. The van der Waals surface area contributed by atoms with Crippen molar-refractivity contribution in [1.29, 1.82) is 5.26 Å². The number of hydrogen-bond acceptors (Lipinski definition) is 5. The van der Waals surface area contributed by atoms with Crippen molar-refractivity contribution in [3.05, 3.63) is 0 Å². The lowest BCUT2D eigenvalue weighted by Gasteiger charge is -2.41. The van der Waals surface area contributed by atoms with Crippen molar-refractivity contribution in [1.82, 2.24) is 14.7 Å². The summed E-state index contributed by atoms with van der Waals surface area (Å²) in [6, 6.07) is 2.43. The van der Waals surface area contributed by atoms with Gasteiger partial charge in [0.15, 0.2) is 0 Å². The second-order valence-electron chi connectivity index (χ2n) is 6.77. The Morgan fingerprint density at radius 2 is 1.78 bits per heavy atom. The fourth-order valence-electron chi connectivity index (χ4n) is 3.59. The van der Waals surface area contributed by atoms with Crippen LogP contribution in [0.5, 0.6) is 0 Å². The SMILES string of the molecule is COCCN1CCN(CC(=O)N(C)C2(C#N)CCCCC2)CC1. The van der Waals surface area contributed by atoms with Crippen LogP contribution in [0.2, 0.25) is 0 Å². The molecule has 1 heterocycles. The Hall–Kier alpha value is -1.16. The zero-order valence-corrected chi connectivity index (χ0v) is 14.6. The number of ether oxygens (including phenoxy) is 1. The molecular weight excluding hydrogens is 292 g/mol. The van der Waals surface area contributed by atoms with Crippen LogP contribution in [0, 0.1) is 11.3 Å². The van der Waals surface area contributed by atoms with Crippen molar-refractivity contribution in [2.24, 2.45) is 0 Å².